The second-order valence-corrected chi connectivity index (χ2v) is 12.1. The van der Waals surface area contributed by atoms with Crippen LogP contribution in [0.2, 0.25) is 10.0 Å². The maximum absolute atomic E-state index is 12.7. The number of rotatable bonds is 4. The molecule has 5 aromatic rings. The lowest BCUT2D eigenvalue weighted by Gasteiger charge is -2.27. The van der Waals surface area contributed by atoms with Gasteiger partial charge in [-0.25, -0.2) is 9.97 Å². The van der Waals surface area contributed by atoms with Crippen LogP contribution in [0.1, 0.15) is 0 Å². The smallest absolute Gasteiger partial charge is 0.305 e. The number of fused-ring (bicyclic) bond motifs is 1. The van der Waals surface area contributed by atoms with E-state index in [2.05, 4.69) is 9.97 Å². The molecule has 6 nitrogen and oxygen atoms in total. The molecule has 0 radical (unpaired) electrons. The minimum Gasteiger partial charge on any atom is -0.420 e. The molecule has 1 unspecified atom stereocenters. The molecule has 2 aromatic carbocycles. The predicted octanol–water partition coefficient (Wildman–Crippen LogP) is 2.60. The molecular weight excluding hydrogens is 487 g/mol. The van der Waals surface area contributed by atoms with Crippen molar-refractivity contribution in [1.29, 1.82) is 0 Å². The van der Waals surface area contributed by atoms with Gasteiger partial charge in [0, 0.05) is 48.0 Å². The number of nitrogens with zero attached hydrogens (tertiary/aromatic N) is 4. The van der Waals surface area contributed by atoms with Gasteiger partial charge in [0.1, 0.15) is 5.65 Å². The summed E-state index contributed by atoms with van der Waals surface area (Å²) in [5.41, 5.74) is 1.84. The summed E-state index contributed by atoms with van der Waals surface area (Å²) in [7, 11) is 0.0264. The Bertz CT molecular complexity index is 1600. The Kier molecular flexibility index (Phi) is 5.65. The number of pyridine rings is 2. The quantitative estimate of drug-likeness (QED) is 0.380. The third kappa shape index (κ3) is 3.67. The molecule has 9 heteroatoms. The highest BCUT2D eigenvalue weighted by atomic mass is 35.5. The first-order valence-electron chi connectivity index (χ1n) is 10.5. The Morgan fingerprint density at radius 1 is 0.912 bits per heavy atom. The number of imidazole rings is 1. The van der Waals surface area contributed by atoms with Crippen molar-refractivity contribution in [2.24, 2.45) is 14.1 Å². The molecule has 34 heavy (non-hydrogen) atoms. The maximum Gasteiger partial charge on any atom is 0.305 e. The van der Waals surface area contributed by atoms with Crippen LogP contribution in [0, 0.1) is 0 Å². The van der Waals surface area contributed by atoms with Crippen LogP contribution >= 0.6 is 23.2 Å². The first-order valence-corrected chi connectivity index (χ1v) is 13.2. The molecule has 0 amide bonds. The standard InChI is InChI=1S/C25H20Cl2N4O2Si/c1-30-15-28-14-24(30)34(33,19-8-6-17(26)7-9-19)20-11-22-21(16-4-3-5-18(27)10-16)12-23(32)31(2)25(22)29-13-20/h3-15,33H,1-2H3. The summed E-state index contributed by atoms with van der Waals surface area (Å²) in [5.74, 6) is 0. The zero-order chi connectivity index (χ0) is 24.0. The minimum absolute atomic E-state index is 0.181. The summed E-state index contributed by atoms with van der Waals surface area (Å²) in [6.45, 7) is 0. The van der Waals surface area contributed by atoms with Crippen LogP contribution in [0.25, 0.3) is 22.2 Å². The first kappa shape index (κ1) is 22.6. The molecule has 170 valence electrons. The van der Waals surface area contributed by atoms with Crippen LogP contribution in [-0.4, -0.2) is 32.2 Å². The average Bonchev–Trinajstić information content (AvgIpc) is 3.27. The van der Waals surface area contributed by atoms with Gasteiger partial charge in [-0.05, 0) is 51.8 Å². The van der Waals surface area contributed by atoms with E-state index in [-0.39, 0.29) is 5.56 Å². The van der Waals surface area contributed by atoms with E-state index < -0.39 is 8.32 Å². The van der Waals surface area contributed by atoms with E-state index in [0.717, 1.165) is 16.1 Å². The zero-order valence-electron chi connectivity index (χ0n) is 18.4. The van der Waals surface area contributed by atoms with Crippen molar-refractivity contribution in [3.63, 3.8) is 0 Å². The number of halogens is 2. The molecule has 0 bridgehead atoms. The molecule has 0 saturated carbocycles. The van der Waals surface area contributed by atoms with Gasteiger partial charge in [0.05, 0.1) is 11.6 Å². The fourth-order valence-electron chi connectivity index (χ4n) is 4.28. The van der Waals surface area contributed by atoms with Gasteiger partial charge in [0.15, 0.2) is 0 Å². The molecule has 3 aromatic heterocycles. The van der Waals surface area contributed by atoms with Gasteiger partial charge in [-0.3, -0.25) is 9.36 Å². The Hall–Kier alpha value is -3.23. The van der Waals surface area contributed by atoms with E-state index in [0.29, 0.717) is 31.8 Å². The molecule has 1 N–H and O–H groups in total. The van der Waals surface area contributed by atoms with Gasteiger partial charge in [-0.15, -0.1) is 0 Å². The highest BCUT2D eigenvalue weighted by Crippen LogP contribution is 2.28. The minimum atomic E-state index is -3.51. The molecule has 0 aliphatic heterocycles. The van der Waals surface area contributed by atoms with E-state index in [1.165, 1.54) is 4.57 Å². The summed E-state index contributed by atoms with van der Waals surface area (Å²) < 4.78 is 3.32. The number of aromatic nitrogens is 4. The fourth-order valence-corrected chi connectivity index (χ4v) is 7.60. The summed E-state index contributed by atoms with van der Waals surface area (Å²) in [6, 6.07) is 18.0. The molecule has 0 spiro atoms. The molecule has 5 rings (SSSR count). The van der Waals surface area contributed by atoms with Gasteiger partial charge >= 0.3 is 8.32 Å². The monoisotopic (exact) mass is 506 g/mol. The zero-order valence-corrected chi connectivity index (χ0v) is 20.9. The molecule has 3 heterocycles. The summed E-state index contributed by atoms with van der Waals surface area (Å²) in [5, 5.41) is 4.00. The highest BCUT2D eigenvalue weighted by molar-refractivity contribution is 7.05. The van der Waals surface area contributed by atoms with E-state index in [4.69, 9.17) is 23.2 Å². The van der Waals surface area contributed by atoms with Crippen molar-refractivity contribution in [2.75, 3.05) is 0 Å². The molecule has 0 fully saturated rings. The lowest BCUT2D eigenvalue weighted by atomic mass is 10.0. The number of aryl methyl sites for hydroxylation is 2. The van der Waals surface area contributed by atoms with Crippen LogP contribution in [-0.2, 0) is 14.1 Å². The molecule has 0 saturated heterocycles. The average molecular weight is 507 g/mol. The van der Waals surface area contributed by atoms with E-state index >= 15 is 0 Å². The van der Waals surface area contributed by atoms with E-state index in [1.54, 1.807) is 50.0 Å². The maximum atomic E-state index is 12.7. The van der Waals surface area contributed by atoms with Crippen molar-refractivity contribution in [1.82, 2.24) is 19.1 Å². The van der Waals surface area contributed by atoms with Gasteiger partial charge < -0.3 is 9.36 Å². The Morgan fingerprint density at radius 2 is 1.68 bits per heavy atom. The molecule has 0 aliphatic rings. The van der Waals surface area contributed by atoms with Crippen molar-refractivity contribution < 1.29 is 4.80 Å². The summed E-state index contributed by atoms with van der Waals surface area (Å²) in [6.07, 6.45) is 5.00. The second kappa shape index (κ2) is 8.52. The lowest BCUT2D eigenvalue weighted by molar-refractivity contribution is 0.579. The Balaban J connectivity index is 1.84. The van der Waals surface area contributed by atoms with Gasteiger partial charge in [0.2, 0.25) is 0 Å². The van der Waals surface area contributed by atoms with Crippen LogP contribution in [0.4, 0.5) is 0 Å². The topological polar surface area (TPSA) is 72.9 Å². The number of hydrogen-bond donors (Lipinski definition) is 1. The number of benzene rings is 2. The Labute approximate surface area is 206 Å². The third-order valence-electron chi connectivity index (χ3n) is 6.08. The summed E-state index contributed by atoms with van der Waals surface area (Å²) >= 11 is 12.4. The van der Waals surface area contributed by atoms with Gasteiger partial charge in [-0.2, -0.15) is 0 Å². The first-order chi connectivity index (χ1) is 16.3. The van der Waals surface area contributed by atoms with Gasteiger partial charge in [0.25, 0.3) is 5.56 Å². The summed E-state index contributed by atoms with van der Waals surface area (Å²) in [4.78, 5) is 34.0. The van der Waals surface area contributed by atoms with Crippen LogP contribution in [0.15, 0.2) is 84.2 Å². The second-order valence-electron chi connectivity index (χ2n) is 8.17. The fraction of sp³-hybridized carbons (Fsp3) is 0.0800. The molecular formula is C25H20Cl2N4O2Si. The predicted molar refractivity (Wildman–Crippen MR) is 139 cm³/mol. The van der Waals surface area contributed by atoms with Crippen LogP contribution < -0.4 is 21.2 Å². The molecule has 0 aliphatic carbocycles. The third-order valence-corrected chi connectivity index (χ3v) is 10.1. The molecule has 1 atom stereocenters. The van der Waals surface area contributed by atoms with Crippen LogP contribution in [0.3, 0.4) is 0 Å². The Morgan fingerprint density at radius 3 is 2.35 bits per heavy atom. The van der Waals surface area contributed by atoms with Crippen molar-refractivity contribution in [3.8, 4) is 11.1 Å². The van der Waals surface area contributed by atoms with Crippen molar-refractivity contribution in [3.05, 3.63) is 99.8 Å². The van der Waals surface area contributed by atoms with Gasteiger partial charge in [-0.1, -0.05) is 47.5 Å². The normalized spacial score (nSPS) is 13.2. The SMILES string of the molecule is Cn1cncc1[Si](O)(c1ccc(Cl)cc1)c1cnc2c(c1)c(-c1cccc(Cl)c1)cc(=O)n2C. The lowest BCUT2D eigenvalue weighted by Crippen LogP contribution is -2.69. The largest absolute Gasteiger partial charge is 0.420 e. The van der Waals surface area contributed by atoms with E-state index in [1.807, 2.05) is 48.0 Å². The van der Waals surface area contributed by atoms with Crippen LogP contribution in [0.5, 0.6) is 0 Å². The van der Waals surface area contributed by atoms with Crippen molar-refractivity contribution >= 4 is 58.2 Å². The van der Waals surface area contributed by atoms with E-state index in [9.17, 15) is 9.59 Å². The number of hydrogen-bond acceptors (Lipinski definition) is 4. The van der Waals surface area contributed by atoms with Crippen molar-refractivity contribution in [2.45, 2.75) is 0 Å². The highest BCUT2D eigenvalue weighted by Gasteiger charge is 2.41.